The molecule has 0 aliphatic heterocycles. The van der Waals surface area contributed by atoms with Gasteiger partial charge in [-0.3, -0.25) is 9.59 Å². The first kappa shape index (κ1) is 23.7. The molecule has 2 N–H and O–H groups in total. The van der Waals surface area contributed by atoms with E-state index in [2.05, 4.69) is 10.6 Å². The second-order valence-electron chi connectivity index (χ2n) is 7.41. The Balaban J connectivity index is 1.52. The van der Waals surface area contributed by atoms with Gasteiger partial charge < -0.3 is 24.8 Å². The second-order valence-corrected chi connectivity index (χ2v) is 7.41. The van der Waals surface area contributed by atoms with Crippen LogP contribution in [0.5, 0.6) is 17.2 Å². The van der Waals surface area contributed by atoms with Gasteiger partial charge in [0.25, 0.3) is 11.8 Å². The summed E-state index contributed by atoms with van der Waals surface area (Å²) in [5.41, 5.74) is 0.874. The minimum Gasteiger partial charge on any atom is -0.492 e. The topological polar surface area (TPSA) is 85.9 Å². The van der Waals surface area contributed by atoms with Gasteiger partial charge in [-0.1, -0.05) is 42.5 Å². The summed E-state index contributed by atoms with van der Waals surface area (Å²) in [6, 6.07) is 23.4. The van der Waals surface area contributed by atoms with E-state index < -0.39 is 0 Å². The van der Waals surface area contributed by atoms with Crippen LogP contribution >= 0.6 is 0 Å². The van der Waals surface area contributed by atoms with Gasteiger partial charge in [0.05, 0.1) is 23.9 Å². The molecule has 0 aliphatic rings. The lowest BCUT2D eigenvalue weighted by atomic mass is 10.1. The van der Waals surface area contributed by atoms with E-state index in [1.165, 1.54) is 0 Å². The van der Waals surface area contributed by atoms with E-state index in [1.807, 2.05) is 56.3 Å². The van der Waals surface area contributed by atoms with Crippen molar-refractivity contribution in [3.8, 4) is 17.2 Å². The lowest BCUT2D eigenvalue weighted by Gasteiger charge is -2.16. The maximum atomic E-state index is 12.9. The summed E-state index contributed by atoms with van der Waals surface area (Å²) < 4.78 is 16.9. The standard InChI is InChI=1S/C26H28N2O5/c1-19(2)33-24-15-9-7-13-22(24)28-26(30)21-12-6-8-14-23(21)32-18-25(29)27-16-17-31-20-10-4-3-5-11-20/h3-15,19H,16-18H2,1-2H3,(H,27,29)(H,28,30). The Morgan fingerprint density at radius 3 is 2.24 bits per heavy atom. The van der Waals surface area contributed by atoms with E-state index in [0.717, 1.165) is 5.75 Å². The van der Waals surface area contributed by atoms with E-state index in [9.17, 15) is 9.59 Å². The zero-order valence-corrected chi connectivity index (χ0v) is 18.7. The van der Waals surface area contributed by atoms with Crippen molar-refractivity contribution in [3.63, 3.8) is 0 Å². The molecule has 0 saturated heterocycles. The minimum absolute atomic E-state index is 0.0322. The molecule has 0 unspecified atom stereocenters. The molecule has 172 valence electrons. The highest BCUT2D eigenvalue weighted by molar-refractivity contribution is 6.06. The molecule has 0 spiro atoms. The zero-order chi connectivity index (χ0) is 23.5. The third-order valence-electron chi connectivity index (χ3n) is 4.42. The monoisotopic (exact) mass is 448 g/mol. The van der Waals surface area contributed by atoms with Gasteiger partial charge in [-0.15, -0.1) is 0 Å². The molecule has 0 heterocycles. The first-order chi connectivity index (χ1) is 16.0. The van der Waals surface area contributed by atoms with Gasteiger partial charge >= 0.3 is 0 Å². The van der Waals surface area contributed by atoms with Crippen LogP contribution in [-0.2, 0) is 4.79 Å². The van der Waals surface area contributed by atoms with Crippen LogP contribution in [0.25, 0.3) is 0 Å². The highest BCUT2D eigenvalue weighted by Gasteiger charge is 2.15. The van der Waals surface area contributed by atoms with Gasteiger partial charge in [-0.2, -0.15) is 0 Å². The Morgan fingerprint density at radius 2 is 1.48 bits per heavy atom. The largest absolute Gasteiger partial charge is 0.492 e. The van der Waals surface area contributed by atoms with Crippen molar-refractivity contribution in [2.75, 3.05) is 25.1 Å². The summed E-state index contributed by atoms with van der Waals surface area (Å²) in [7, 11) is 0. The molecule has 0 bridgehead atoms. The van der Waals surface area contributed by atoms with Gasteiger partial charge in [0.1, 0.15) is 23.9 Å². The molecule has 2 amide bonds. The Labute approximate surface area is 193 Å². The van der Waals surface area contributed by atoms with Gasteiger partial charge in [0.2, 0.25) is 0 Å². The minimum atomic E-state index is -0.359. The number of hydrogen-bond donors (Lipinski definition) is 2. The molecule has 0 saturated carbocycles. The van der Waals surface area contributed by atoms with Crippen LogP contribution in [0.15, 0.2) is 78.9 Å². The summed E-state index contributed by atoms with van der Waals surface area (Å²) in [5.74, 6) is 0.965. The van der Waals surface area contributed by atoms with Crippen LogP contribution < -0.4 is 24.8 Å². The summed E-state index contributed by atoms with van der Waals surface area (Å²) in [4.78, 5) is 25.0. The Bertz CT molecular complexity index is 1050. The van der Waals surface area contributed by atoms with Crippen molar-refractivity contribution in [1.29, 1.82) is 0 Å². The fourth-order valence-corrected chi connectivity index (χ4v) is 2.97. The number of ether oxygens (including phenoxy) is 3. The number of hydrogen-bond acceptors (Lipinski definition) is 5. The Kier molecular flexibility index (Phi) is 8.71. The molecular formula is C26H28N2O5. The van der Waals surface area contributed by atoms with Crippen LogP contribution in [0.2, 0.25) is 0 Å². The molecule has 3 rings (SSSR count). The number of nitrogens with one attached hydrogen (secondary N) is 2. The van der Waals surface area contributed by atoms with E-state index in [0.29, 0.717) is 35.9 Å². The van der Waals surface area contributed by atoms with Crippen LogP contribution in [0.4, 0.5) is 5.69 Å². The van der Waals surface area contributed by atoms with E-state index in [4.69, 9.17) is 14.2 Å². The average molecular weight is 449 g/mol. The average Bonchev–Trinajstić information content (AvgIpc) is 2.82. The SMILES string of the molecule is CC(C)Oc1ccccc1NC(=O)c1ccccc1OCC(=O)NCCOc1ccccc1. The van der Waals surface area contributed by atoms with Crippen LogP contribution in [0, 0.1) is 0 Å². The number of benzene rings is 3. The van der Waals surface area contributed by atoms with Gasteiger partial charge in [-0.25, -0.2) is 0 Å². The first-order valence-corrected chi connectivity index (χ1v) is 10.8. The zero-order valence-electron chi connectivity index (χ0n) is 18.7. The fraction of sp³-hybridized carbons (Fsp3) is 0.231. The molecule has 0 aliphatic carbocycles. The smallest absolute Gasteiger partial charge is 0.259 e. The molecule has 7 nitrogen and oxygen atoms in total. The highest BCUT2D eigenvalue weighted by atomic mass is 16.5. The summed E-state index contributed by atoms with van der Waals surface area (Å²) in [6.07, 6.45) is -0.0322. The Morgan fingerprint density at radius 1 is 0.818 bits per heavy atom. The van der Waals surface area contributed by atoms with Crippen molar-refractivity contribution in [1.82, 2.24) is 5.32 Å². The molecule has 7 heteroatoms. The molecule has 0 radical (unpaired) electrons. The number of rotatable bonds is 11. The van der Waals surface area contributed by atoms with E-state index in [1.54, 1.807) is 36.4 Å². The van der Waals surface area contributed by atoms with Crippen molar-refractivity contribution in [3.05, 3.63) is 84.4 Å². The third kappa shape index (κ3) is 7.57. The summed E-state index contributed by atoms with van der Waals surface area (Å²) in [5, 5.41) is 5.59. The lowest BCUT2D eigenvalue weighted by molar-refractivity contribution is -0.123. The van der Waals surface area contributed by atoms with Crippen LogP contribution in [0.3, 0.4) is 0 Å². The van der Waals surface area contributed by atoms with Gasteiger partial charge in [0, 0.05) is 0 Å². The second kappa shape index (κ2) is 12.1. The number of amides is 2. The quantitative estimate of drug-likeness (QED) is 0.427. The summed E-state index contributed by atoms with van der Waals surface area (Å²) >= 11 is 0. The Hall–Kier alpha value is -4.00. The first-order valence-electron chi connectivity index (χ1n) is 10.8. The number of anilines is 1. The fourth-order valence-electron chi connectivity index (χ4n) is 2.97. The molecule has 33 heavy (non-hydrogen) atoms. The molecule has 3 aromatic carbocycles. The predicted octanol–water partition coefficient (Wildman–Crippen LogP) is 4.30. The van der Waals surface area contributed by atoms with Crippen LogP contribution in [-0.4, -0.2) is 37.7 Å². The van der Waals surface area contributed by atoms with Gasteiger partial charge in [0.15, 0.2) is 6.61 Å². The van der Waals surface area contributed by atoms with Crippen molar-refractivity contribution < 1.29 is 23.8 Å². The highest BCUT2D eigenvalue weighted by Crippen LogP contribution is 2.27. The molecule has 3 aromatic rings. The number of para-hydroxylation sites is 4. The van der Waals surface area contributed by atoms with E-state index in [-0.39, 0.29) is 24.5 Å². The maximum absolute atomic E-state index is 12.9. The normalized spacial score (nSPS) is 10.4. The number of carbonyl (C=O) groups excluding carboxylic acids is 2. The predicted molar refractivity (Wildman–Crippen MR) is 127 cm³/mol. The molecule has 0 aromatic heterocycles. The third-order valence-corrected chi connectivity index (χ3v) is 4.42. The lowest BCUT2D eigenvalue weighted by Crippen LogP contribution is -2.32. The van der Waals surface area contributed by atoms with Gasteiger partial charge in [-0.05, 0) is 50.2 Å². The van der Waals surface area contributed by atoms with Crippen molar-refractivity contribution in [2.24, 2.45) is 0 Å². The van der Waals surface area contributed by atoms with Crippen LogP contribution in [0.1, 0.15) is 24.2 Å². The summed E-state index contributed by atoms with van der Waals surface area (Å²) in [6.45, 7) is 4.29. The number of carbonyl (C=O) groups is 2. The molecular weight excluding hydrogens is 420 g/mol. The van der Waals surface area contributed by atoms with Crippen molar-refractivity contribution in [2.45, 2.75) is 20.0 Å². The molecule has 0 fully saturated rings. The molecule has 0 atom stereocenters. The van der Waals surface area contributed by atoms with E-state index >= 15 is 0 Å². The maximum Gasteiger partial charge on any atom is 0.259 e. The van der Waals surface area contributed by atoms with Crippen molar-refractivity contribution >= 4 is 17.5 Å².